The van der Waals surface area contributed by atoms with Crippen molar-refractivity contribution < 1.29 is 4.79 Å². The summed E-state index contributed by atoms with van der Waals surface area (Å²) in [5.41, 5.74) is 5.69. The highest BCUT2D eigenvalue weighted by Gasteiger charge is 2.00. The summed E-state index contributed by atoms with van der Waals surface area (Å²) in [5.74, 6) is -0.376. The zero-order valence-electron chi connectivity index (χ0n) is 6.61. The molecule has 1 aromatic rings. The van der Waals surface area contributed by atoms with Crippen LogP contribution < -0.4 is 5.73 Å². The van der Waals surface area contributed by atoms with Crippen molar-refractivity contribution in [3.05, 3.63) is 29.8 Å². The average molecular weight is 199 g/mol. The third-order valence-electron chi connectivity index (χ3n) is 1.30. The highest BCUT2D eigenvalue weighted by molar-refractivity contribution is 8.76. The molecule has 2 N–H and O–H groups in total. The van der Waals surface area contributed by atoms with Crippen LogP contribution in [0.5, 0.6) is 0 Å². The quantitative estimate of drug-likeness (QED) is 0.758. The fraction of sp³-hybridized carbons (Fsp3) is 0.125. The Bertz CT molecular complexity index is 288. The van der Waals surface area contributed by atoms with Crippen molar-refractivity contribution in [2.45, 2.75) is 4.90 Å². The number of primary amides is 1. The van der Waals surface area contributed by atoms with Crippen LogP contribution in [-0.4, -0.2) is 12.2 Å². The maximum atomic E-state index is 10.8. The van der Waals surface area contributed by atoms with Crippen LogP contribution in [0.3, 0.4) is 0 Å². The van der Waals surface area contributed by atoms with Crippen molar-refractivity contribution in [3.8, 4) is 0 Å². The highest BCUT2D eigenvalue weighted by Crippen LogP contribution is 2.28. The molecule has 12 heavy (non-hydrogen) atoms. The maximum absolute atomic E-state index is 10.8. The lowest BCUT2D eigenvalue weighted by Gasteiger charge is -1.98. The topological polar surface area (TPSA) is 43.1 Å². The summed E-state index contributed by atoms with van der Waals surface area (Å²) in [4.78, 5) is 11.8. The number of rotatable bonds is 3. The summed E-state index contributed by atoms with van der Waals surface area (Å²) < 4.78 is 0. The van der Waals surface area contributed by atoms with Crippen LogP contribution in [0, 0.1) is 0 Å². The number of hydrogen-bond donors (Lipinski definition) is 1. The van der Waals surface area contributed by atoms with Crippen LogP contribution in [0.1, 0.15) is 10.4 Å². The van der Waals surface area contributed by atoms with Gasteiger partial charge in [0, 0.05) is 10.5 Å². The minimum atomic E-state index is -0.376. The molecule has 0 aliphatic heterocycles. The summed E-state index contributed by atoms with van der Waals surface area (Å²) in [6.45, 7) is 0. The van der Waals surface area contributed by atoms with Gasteiger partial charge in [0.25, 0.3) is 0 Å². The molecule has 0 radical (unpaired) electrons. The maximum Gasteiger partial charge on any atom is 0.248 e. The molecule has 4 heteroatoms. The molecule has 0 saturated heterocycles. The third-order valence-corrected chi connectivity index (χ3v) is 2.99. The second-order valence-electron chi connectivity index (χ2n) is 2.14. The Kier molecular flexibility index (Phi) is 3.49. The standard InChI is InChI=1S/C8H9NOS2/c1-11-12-7-4-2-3-6(5-7)8(9)10/h2-5H,1H3,(H2,9,10). The van der Waals surface area contributed by atoms with E-state index in [1.54, 1.807) is 33.7 Å². The SMILES string of the molecule is CSSc1cccc(C(N)=O)c1. The van der Waals surface area contributed by atoms with Crippen LogP contribution in [0.4, 0.5) is 0 Å². The molecule has 2 nitrogen and oxygen atoms in total. The van der Waals surface area contributed by atoms with E-state index in [0.717, 1.165) is 4.90 Å². The molecule has 0 aromatic heterocycles. The summed E-state index contributed by atoms with van der Waals surface area (Å²) >= 11 is 0. The average Bonchev–Trinajstić information content (AvgIpc) is 2.05. The molecule has 1 aromatic carbocycles. The van der Waals surface area contributed by atoms with Crippen LogP contribution in [0.2, 0.25) is 0 Å². The van der Waals surface area contributed by atoms with E-state index in [1.807, 2.05) is 18.4 Å². The van der Waals surface area contributed by atoms with E-state index in [4.69, 9.17) is 5.73 Å². The number of amides is 1. The van der Waals surface area contributed by atoms with Crippen molar-refractivity contribution in [2.24, 2.45) is 5.73 Å². The van der Waals surface area contributed by atoms with Gasteiger partial charge in [0.2, 0.25) is 5.91 Å². The van der Waals surface area contributed by atoms with Crippen molar-refractivity contribution in [1.29, 1.82) is 0 Å². The number of nitrogens with two attached hydrogens (primary N) is 1. The Hall–Kier alpha value is -0.610. The van der Waals surface area contributed by atoms with Crippen molar-refractivity contribution in [3.63, 3.8) is 0 Å². The first-order valence-electron chi connectivity index (χ1n) is 3.34. The van der Waals surface area contributed by atoms with Gasteiger partial charge >= 0.3 is 0 Å². The predicted octanol–water partition coefficient (Wildman–Crippen LogP) is 2.16. The molecule has 0 spiro atoms. The van der Waals surface area contributed by atoms with Crippen molar-refractivity contribution >= 4 is 27.5 Å². The first-order chi connectivity index (χ1) is 5.74. The number of benzene rings is 1. The Morgan fingerprint density at radius 1 is 1.50 bits per heavy atom. The second kappa shape index (κ2) is 4.42. The highest BCUT2D eigenvalue weighted by atomic mass is 33.1. The molecule has 1 amide bonds. The lowest BCUT2D eigenvalue weighted by atomic mass is 10.2. The van der Waals surface area contributed by atoms with Gasteiger partial charge in [0.1, 0.15) is 0 Å². The molecule has 0 aliphatic carbocycles. The Balaban J connectivity index is 2.88. The van der Waals surface area contributed by atoms with Gasteiger partial charge in [0.15, 0.2) is 0 Å². The van der Waals surface area contributed by atoms with Crippen molar-refractivity contribution in [1.82, 2.24) is 0 Å². The predicted molar refractivity (Wildman–Crippen MR) is 54.3 cm³/mol. The molecule has 0 aliphatic rings. The minimum Gasteiger partial charge on any atom is -0.366 e. The van der Waals surface area contributed by atoms with Crippen LogP contribution in [-0.2, 0) is 0 Å². The second-order valence-corrected chi connectivity index (χ2v) is 4.61. The van der Waals surface area contributed by atoms with Gasteiger partial charge in [-0.15, -0.1) is 0 Å². The van der Waals surface area contributed by atoms with Gasteiger partial charge in [-0.1, -0.05) is 27.7 Å². The molecule has 0 bridgehead atoms. The van der Waals surface area contributed by atoms with E-state index in [1.165, 1.54) is 0 Å². The molecular weight excluding hydrogens is 190 g/mol. The summed E-state index contributed by atoms with van der Waals surface area (Å²) in [6.07, 6.45) is 1.99. The molecule has 1 rings (SSSR count). The molecule has 0 fully saturated rings. The normalized spacial score (nSPS) is 9.75. The van der Waals surface area contributed by atoms with Crippen LogP contribution >= 0.6 is 21.6 Å². The zero-order chi connectivity index (χ0) is 8.97. The third kappa shape index (κ3) is 2.46. The van der Waals surface area contributed by atoms with E-state index in [0.29, 0.717) is 5.56 Å². The monoisotopic (exact) mass is 199 g/mol. The zero-order valence-corrected chi connectivity index (χ0v) is 8.24. The summed E-state index contributed by atoms with van der Waals surface area (Å²) in [6, 6.07) is 7.29. The van der Waals surface area contributed by atoms with Crippen LogP contribution in [0.15, 0.2) is 29.2 Å². The first kappa shape index (κ1) is 9.48. The molecule has 0 saturated carbocycles. The molecule has 64 valence electrons. The van der Waals surface area contributed by atoms with Crippen LogP contribution in [0.25, 0.3) is 0 Å². The lowest BCUT2D eigenvalue weighted by Crippen LogP contribution is -2.10. The Morgan fingerprint density at radius 2 is 2.25 bits per heavy atom. The van der Waals surface area contributed by atoms with E-state index in [-0.39, 0.29) is 5.91 Å². The molecular formula is C8H9NOS2. The van der Waals surface area contributed by atoms with Gasteiger partial charge in [-0.05, 0) is 24.5 Å². The van der Waals surface area contributed by atoms with E-state index >= 15 is 0 Å². The number of hydrogen-bond acceptors (Lipinski definition) is 3. The van der Waals surface area contributed by atoms with Gasteiger partial charge in [-0.25, -0.2) is 0 Å². The van der Waals surface area contributed by atoms with E-state index in [9.17, 15) is 4.79 Å². The summed E-state index contributed by atoms with van der Waals surface area (Å²) in [5, 5.41) is 0. The van der Waals surface area contributed by atoms with Gasteiger partial charge in [0.05, 0.1) is 0 Å². The number of carbonyl (C=O) groups excluding carboxylic acids is 1. The summed E-state index contributed by atoms with van der Waals surface area (Å²) in [7, 11) is 3.26. The van der Waals surface area contributed by atoms with Crippen molar-refractivity contribution in [2.75, 3.05) is 6.26 Å². The van der Waals surface area contributed by atoms with Gasteiger partial charge in [-0.2, -0.15) is 0 Å². The molecule has 0 unspecified atom stereocenters. The largest absolute Gasteiger partial charge is 0.366 e. The van der Waals surface area contributed by atoms with Gasteiger partial charge < -0.3 is 5.73 Å². The first-order valence-corrected chi connectivity index (χ1v) is 5.90. The fourth-order valence-electron chi connectivity index (χ4n) is 0.797. The Labute approximate surface area is 79.3 Å². The Morgan fingerprint density at radius 3 is 2.83 bits per heavy atom. The minimum absolute atomic E-state index is 0.376. The lowest BCUT2D eigenvalue weighted by molar-refractivity contribution is 0.1000. The fourth-order valence-corrected chi connectivity index (χ4v) is 2.19. The molecule has 0 atom stereocenters. The van der Waals surface area contributed by atoms with E-state index < -0.39 is 0 Å². The van der Waals surface area contributed by atoms with E-state index in [2.05, 4.69) is 0 Å². The smallest absolute Gasteiger partial charge is 0.248 e. The molecule has 0 heterocycles. The number of carbonyl (C=O) groups is 1. The van der Waals surface area contributed by atoms with Gasteiger partial charge in [-0.3, -0.25) is 4.79 Å².